The minimum absolute atomic E-state index is 0.0769. The van der Waals surface area contributed by atoms with Crippen LogP contribution in [0.1, 0.15) is 40.9 Å². The van der Waals surface area contributed by atoms with Crippen molar-refractivity contribution in [2.45, 2.75) is 32.6 Å². The third-order valence-electron chi connectivity index (χ3n) is 5.03. The quantitative estimate of drug-likeness (QED) is 0.500. The normalized spacial score (nSPS) is 11.0. The van der Waals surface area contributed by atoms with Gasteiger partial charge in [-0.05, 0) is 68.1 Å². The summed E-state index contributed by atoms with van der Waals surface area (Å²) in [5.74, 6) is -0.314. The molecule has 0 atom stereocenters. The van der Waals surface area contributed by atoms with Gasteiger partial charge >= 0.3 is 5.97 Å². The van der Waals surface area contributed by atoms with Crippen molar-refractivity contribution in [3.63, 3.8) is 0 Å². The van der Waals surface area contributed by atoms with E-state index in [1.807, 2.05) is 19.1 Å². The molecule has 2 aromatic carbocycles. The second kappa shape index (κ2) is 10.1. The van der Waals surface area contributed by atoms with Crippen molar-refractivity contribution in [2.75, 3.05) is 20.3 Å². The first kappa shape index (κ1) is 21.6. The summed E-state index contributed by atoms with van der Waals surface area (Å²) in [6, 6.07) is 14.4. The molecule has 0 aliphatic carbocycles. The Morgan fingerprint density at radius 1 is 1.00 bits per heavy atom. The monoisotopic (exact) mass is 409 g/mol. The first-order valence-corrected chi connectivity index (χ1v) is 10.1. The Morgan fingerprint density at radius 3 is 2.43 bits per heavy atom. The zero-order valence-electron chi connectivity index (χ0n) is 17.4. The molecule has 0 spiro atoms. The van der Waals surface area contributed by atoms with Crippen molar-refractivity contribution in [3.8, 4) is 5.75 Å². The number of rotatable bonds is 10. The zero-order chi connectivity index (χ0) is 21.5. The molecule has 0 fully saturated rings. The average Bonchev–Trinajstić information content (AvgIpc) is 3.07. The molecule has 6 heteroatoms. The molecule has 3 rings (SSSR count). The predicted molar refractivity (Wildman–Crippen MR) is 115 cm³/mol. The first-order chi connectivity index (χ1) is 14.5. The van der Waals surface area contributed by atoms with Crippen molar-refractivity contribution in [2.24, 2.45) is 0 Å². The number of carboxylic acids is 1. The van der Waals surface area contributed by atoms with Crippen molar-refractivity contribution in [1.82, 2.24) is 4.57 Å². The fourth-order valence-corrected chi connectivity index (χ4v) is 3.55. The summed E-state index contributed by atoms with van der Waals surface area (Å²) >= 11 is 0. The number of hydrogen-bond acceptors (Lipinski definition) is 4. The molecule has 0 unspecified atom stereocenters. The summed E-state index contributed by atoms with van der Waals surface area (Å²) in [5.41, 5.74) is 2.73. The molecule has 6 nitrogen and oxygen atoms in total. The van der Waals surface area contributed by atoms with E-state index < -0.39 is 5.97 Å². The molecule has 158 valence electrons. The molecule has 0 bridgehead atoms. The fraction of sp³-hybridized carbons (Fsp3) is 0.333. The molecule has 3 aromatic rings. The highest BCUT2D eigenvalue weighted by Gasteiger charge is 2.17. The van der Waals surface area contributed by atoms with Crippen LogP contribution >= 0.6 is 0 Å². The predicted octanol–water partition coefficient (Wildman–Crippen LogP) is 4.46. The molecule has 0 aliphatic rings. The van der Waals surface area contributed by atoms with Crippen LogP contribution in [0.25, 0.3) is 10.9 Å². The van der Waals surface area contributed by atoms with E-state index in [9.17, 15) is 9.59 Å². The number of hydrogen-bond donors (Lipinski definition) is 1. The van der Waals surface area contributed by atoms with Crippen LogP contribution in [0.5, 0.6) is 5.75 Å². The molecule has 1 heterocycles. The van der Waals surface area contributed by atoms with Gasteiger partial charge < -0.3 is 14.6 Å². The topological polar surface area (TPSA) is 77.8 Å². The van der Waals surface area contributed by atoms with E-state index in [1.54, 1.807) is 48.1 Å². The summed E-state index contributed by atoms with van der Waals surface area (Å²) in [6.45, 7) is 3.25. The van der Waals surface area contributed by atoms with Crippen molar-refractivity contribution < 1.29 is 24.2 Å². The largest absolute Gasteiger partial charge is 0.494 e. The van der Waals surface area contributed by atoms with E-state index in [0.717, 1.165) is 42.7 Å². The standard InChI is InChI=1S/C24H27NO5/c1-17-15-21-19(16-23(26)27)7-6-8-22(21)25(17)24(28)18-9-11-20(12-10-18)30-14-5-3-4-13-29-2/h6-12,15H,3-5,13-14,16H2,1-2H3,(H,26,27). The Hall–Kier alpha value is -3.12. The lowest BCUT2D eigenvalue weighted by molar-refractivity contribution is -0.136. The van der Waals surface area contributed by atoms with Crippen LogP contribution in [0.3, 0.4) is 0 Å². The van der Waals surface area contributed by atoms with Crippen molar-refractivity contribution in [3.05, 3.63) is 65.4 Å². The Balaban J connectivity index is 1.73. The van der Waals surface area contributed by atoms with Gasteiger partial charge in [-0.3, -0.25) is 14.2 Å². The number of aryl methyl sites for hydroxylation is 1. The average molecular weight is 409 g/mol. The minimum Gasteiger partial charge on any atom is -0.494 e. The van der Waals surface area contributed by atoms with E-state index in [0.29, 0.717) is 23.3 Å². The number of carboxylic acid groups (broad SMARTS) is 1. The van der Waals surface area contributed by atoms with E-state index >= 15 is 0 Å². The van der Waals surface area contributed by atoms with Gasteiger partial charge in [0.1, 0.15) is 5.75 Å². The fourth-order valence-electron chi connectivity index (χ4n) is 3.55. The van der Waals surface area contributed by atoms with Gasteiger partial charge in [0.15, 0.2) is 0 Å². The number of unbranched alkanes of at least 4 members (excludes halogenated alkanes) is 2. The maximum absolute atomic E-state index is 13.1. The second-order valence-corrected chi connectivity index (χ2v) is 7.27. The van der Waals surface area contributed by atoms with Gasteiger partial charge in [0.2, 0.25) is 0 Å². The molecule has 0 radical (unpaired) electrons. The minimum atomic E-state index is -0.895. The number of aromatic nitrogens is 1. The van der Waals surface area contributed by atoms with Crippen LogP contribution in [0.4, 0.5) is 0 Å². The molecule has 0 saturated heterocycles. The highest BCUT2D eigenvalue weighted by molar-refractivity contribution is 6.04. The molecule has 0 aliphatic heterocycles. The summed E-state index contributed by atoms with van der Waals surface area (Å²) in [6.07, 6.45) is 2.95. The van der Waals surface area contributed by atoms with Crippen molar-refractivity contribution in [1.29, 1.82) is 0 Å². The number of nitrogens with zero attached hydrogens (tertiary/aromatic N) is 1. The molecular formula is C24H27NO5. The smallest absolute Gasteiger partial charge is 0.307 e. The van der Waals surface area contributed by atoms with Gasteiger partial charge in [-0.2, -0.15) is 0 Å². The highest BCUT2D eigenvalue weighted by Crippen LogP contribution is 2.25. The van der Waals surface area contributed by atoms with Crippen LogP contribution in [-0.4, -0.2) is 41.9 Å². The molecule has 0 amide bonds. The number of carbonyl (C=O) groups excluding carboxylic acids is 1. The maximum atomic E-state index is 13.1. The molecule has 0 saturated carbocycles. The SMILES string of the molecule is COCCCCCOc1ccc(C(=O)n2c(C)cc3c(CC(=O)O)cccc32)cc1. The van der Waals surface area contributed by atoms with E-state index in [4.69, 9.17) is 14.6 Å². The van der Waals surface area contributed by atoms with Crippen LogP contribution in [0.15, 0.2) is 48.5 Å². The van der Waals surface area contributed by atoms with Crippen LogP contribution < -0.4 is 4.74 Å². The van der Waals surface area contributed by atoms with Crippen LogP contribution in [0, 0.1) is 6.92 Å². The number of methoxy groups -OCH3 is 1. The number of aliphatic carboxylic acids is 1. The van der Waals surface area contributed by atoms with Gasteiger partial charge in [0.25, 0.3) is 5.91 Å². The number of carbonyl (C=O) groups is 2. The summed E-state index contributed by atoms with van der Waals surface area (Å²) in [4.78, 5) is 24.3. The van der Waals surface area contributed by atoms with Crippen LogP contribution in [0.2, 0.25) is 0 Å². The zero-order valence-corrected chi connectivity index (χ0v) is 17.4. The molecule has 1 N–H and O–H groups in total. The molecular weight excluding hydrogens is 382 g/mol. The molecule has 1 aromatic heterocycles. The summed E-state index contributed by atoms with van der Waals surface area (Å²) in [7, 11) is 1.70. The number of benzene rings is 2. The lowest BCUT2D eigenvalue weighted by Gasteiger charge is -2.10. The lowest BCUT2D eigenvalue weighted by atomic mass is 10.1. The first-order valence-electron chi connectivity index (χ1n) is 10.1. The number of ether oxygens (including phenoxy) is 2. The van der Waals surface area contributed by atoms with E-state index in [-0.39, 0.29) is 12.3 Å². The lowest BCUT2D eigenvalue weighted by Crippen LogP contribution is -2.13. The van der Waals surface area contributed by atoms with E-state index in [2.05, 4.69) is 0 Å². The Labute approximate surface area is 176 Å². The molecule has 30 heavy (non-hydrogen) atoms. The van der Waals surface area contributed by atoms with Gasteiger partial charge in [-0.25, -0.2) is 0 Å². The third kappa shape index (κ3) is 5.07. The van der Waals surface area contributed by atoms with Gasteiger partial charge in [0, 0.05) is 30.4 Å². The van der Waals surface area contributed by atoms with Crippen LogP contribution in [-0.2, 0) is 16.0 Å². The summed E-state index contributed by atoms with van der Waals surface area (Å²) < 4.78 is 12.4. The third-order valence-corrected chi connectivity index (χ3v) is 5.03. The van der Waals surface area contributed by atoms with Gasteiger partial charge in [0.05, 0.1) is 18.5 Å². The van der Waals surface area contributed by atoms with E-state index in [1.165, 1.54) is 0 Å². The Bertz CT molecular complexity index is 1020. The number of fused-ring (bicyclic) bond motifs is 1. The van der Waals surface area contributed by atoms with Gasteiger partial charge in [-0.1, -0.05) is 12.1 Å². The maximum Gasteiger partial charge on any atom is 0.307 e. The highest BCUT2D eigenvalue weighted by atomic mass is 16.5. The Morgan fingerprint density at radius 2 is 1.73 bits per heavy atom. The second-order valence-electron chi connectivity index (χ2n) is 7.27. The summed E-state index contributed by atoms with van der Waals surface area (Å²) in [5, 5.41) is 9.93. The Kier molecular flexibility index (Phi) is 7.25. The van der Waals surface area contributed by atoms with Gasteiger partial charge in [-0.15, -0.1) is 0 Å². The van der Waals surface area contributed by atoms with Crippen molar-refractivity contribution >= 4 is 22.8 Å².